The van der Waals surface area contributed by atoms with Gasteiger partial charge < -0.3 is 15.4 Å². The Morgan fingerprint density at radius 1 is 1.24 bits per heavy atom. The zero-order valence-electron chi connectivity index (χ0n) is 15.9. The van der Waals surface area contributed by atoms with Gasteiger partial charge in [0.2, 0.25) is 5.91 Å². The van der Waals surface area contributed by atoms with Crippen molar-refractivity contribution in [3.8, 4) is 0 Å². The van der Waals surface area contributed by atoms with Crippen LogP contribution in [0, 0.1) is 11.8 Å². The first-order valence-electron chi connectivity index (χ1n) is 9.15. The molecule has 0 bridgehead atoms. The van der Waals surface area contributed by atoms with Crippen molar-refractivity contribution >= 4 is 18.3 Å². The number of morpholine rings is 1. The molecule has 2 atom stereocenters. The van der Waals surface area contributed by atoms with Crippen molar-refractivity contribution in [3.63, 3.8) is 0 Å². The van der Waals surface area contributed by atoms with E-state index in [1.165, 1.54) is 11.1 Å². The SMILES string of the molecule is CC(C)Cc1ccc(C(NC(=O)CC2COCCN2)C(C)C)cc1.Cl. The Labute approximate surface area is 158 Å². The molecule has 1 aromatic carbocycles. The van der Waals surface area contributed by atoms with Gasteiger partial charge in [-0.05, 0) is 29.4 Å². The largest absolute Gasteiger partial charge is 0.378 e. The second-order valence-electron chi connectivity index (χ2n) is 7.56. The second-order valence-corrected chi connectivity index (χ2v) is 7.56. The van der Waals surface area contributed by atoms with Crippen LogP contribution in [0.25, 0.3) is 0 Å². The highest BCUT2D eigenvalue weighted by molar-refractivity contribution is 5.85. The molecule has 2 unspecified atom stereocenters. The number of carbonyl (C=O) groups is 1. The minimum Gasteiger partial charge on any atom is -0.378 e. The average molecular weight is 369 g/mol. The first kappa shape index (κ1) is 21.9. The van der Waals surface area contributed by atoms with Crippen molar-refractivity contribution in [1.29, 1.82) is 0 Å². The van der Waals surface area contributed by atoms with E-state index in [2.05, 4.69) is 62.6 Å². The first-order valence-corrected chi connectivity index (χ1v) is 9.15. The number of benzene rings is 1. The second kappa shape index (κ2) is 10.8. The molecule has 1 aliphatic heterocycles. The summed E-state index contributed by atoms with van der Waals surface area (Å²) in [4.78, 5) is 12.4. The highest BCUT2D eigenvalue weighted by Crippen LogP contribution is 2.23. The Bertz CT molecular complexity index is 511. The number of hydrogen-bond acceptors (Lipinski definition) is 3. The van der Waals surface area contributed by atoms with Crippen LogP contribution in [0.4, 0.5) is 0 Å². The van der Waals surface area contributed by atoms with Crippen LogP contribution in [0.3, 0.4) is 0 Å². The Balaban J connectivity index is 0.00000312. The number of halogens is 1. The van der Waals surface area contributed by atoms with Crippen molar-refractivity contribution in [2.45, 2.75) is 52.6 Å². The molecule has 142 valence electrons. The standard InChI is InChI=1S/C20H32N2O2.ClH/c1-14(2)11-16-5-7-17(8-6-16)20(15(3)4)22-19(23)12-18-13-24-10-9-21-18;/h5-8,14-15,18,20-21H,9-13H2,1-4H3,(H,22,23);1H. The van der Waals surface area contributed by atoms with E-state index in [9.17, 15) is 4.79 Å². The smallest absolute Gasteiger partial charge is 0.222 e. The lowest BCUT2D eigenvalue weighted by Gasteiger charge is -2.26. The fraction of sp³-hybridized carbons (Fsp3) is 0.650. The molecule has 0 radical (unpaired) electrons. The van der Waals surface area contributed by atoms with Gasteiger partial charge in [-0.2, -0.15) is 0 Å². The molecule has 1 amide bonds. The lowest BCUT2D eigenvalue weighted by molar-refractivity contribution is -0.123. The summed E-state index contributed by atoms with van der Waals surface area (Å²) in [5.41, 5.74) is 2.53. The van der Waals surface area contributed by atoms with Gasteiger partial charge in [-0.1, -0.05) is 52.0 Å². The zero-order chi connectivity index (χ0) is 17.5. The molecule has 2 N–H and O–H groups in total. The van der Waals surface area contributed by atoms with Gasteiger partial charge in [-0.15, -0.1) is 12.4 Å². The van der Waals surface area contributed by atoms with Crippen LogP contribution in [0.5, 0.6) is 0 Å². The molecule has 1 aliphatic rings. The van der Waals surface area contributed by atoms with Gasteiger partial charge in [0, 0.05) is 19.0 Å². The van der Waals surface area contributed by atoms with Gasteiger partial charge in [0.1, 0.15) is 0 Å². The quantitative estimate of drug-likeness (QED) is 0.774. The molecule has 5 heteroatoms. The lowest BCUT2D eigenvalue weighted by atomic mass is 9.93. The van der Waals surface area contributed by atoms with Crippen LogP contribution < -0.4 is 10.6 Å². The van der Waals surface area contributed by atoms with Crippen molar-refractivity contribution in [1.82, 2.24) is 10.6 Å². The predicted molar refractivity (Wildman–Crippen MR) is 105 cm³/mol. The molecule has 0 aromatic heterocycles. The third-order valence-electron chi connectivity index (χ3n) is 4.40. The molecule has 0 saturated carbocycles. The Hall–Kier alpha value is -1.10. The van der Waals surface area contributed by atoms with E-state index in [4.69, 9.17) is 4.74 Å². The summed E-state index contributed by atoms with van der Waals surface area (Å²) in [6.45, 7) is 10.9. The van der Waals surface area contributed by atoms with Crippen LogP contribution in [-0.4, -0.2) is 31.7 Å². The van der Waals surface area contributed by atoms with Crippen LogP contribution in [0.1, 0.15) is 51.3 Å². The number of amides is 1. The molecule has 0 aliphatic carbocycles. The fourth-order valence-corrected chi connectivity index (χ4v) is 3.17. The van der Waals surface area contributed by atoms with E-state index in [0.29, 0.717) is 24.9 Å². The third kappa shape index (κ3) is 7.35. The van der Waals surface area contributed by atoms with Crippen LogP contribution in [0.2, 0.25) is 0 Å². The molecule has 1 aromatic rings. The predicted octanol–water partition coefficient (Wildman–Crippen LogP) is 3.50. The molecule has 2 rings (SSSR count). The normalized spacial score (nSPS) is 18.7. The number of rotatable bonds is 7. The van der Waals surface area contributed by atoms with Crippen LogP contribution in [0.15, 0.2) is 24.3 Å². The summed E-state index contributed by atoms with van der Waals surface area (Å²) in [5, 5.41) is 6.54. The summed E-state index contributed by atoms with van der Waals surface area (Å²) in [6.07, 6.45) is 1.56. The molecule has 4 nitrogen and oxygen atoms in total. The summed E-state index contributed by atoms with van der Waals surface area (Å²) < 4.78 is 5.42. The van der Waals surface area contributed by atoms with Gasteiger partial charge in [0.05, 0.1) is 19.3 Å². The monoisotopic (exact) mass is 368 g/mol. The maximum Gasteiger partial charge on any atom is 0.222 e. The van der Waals surface area contributed by atoms with Gasteiger partial charge >= 0.3 is 0 Å². The van der Waals surface area contributed by atoms with Gasteiger partial charge in [0.15, 0.2) is 0 Å². The van der Waals surface area contributed by atoms with Crippen molar-refractivity contribution in [2.75, 3.05) is 19.8 Å². The Morgan fingerprint density at radius 2 is 1.92 bits per heavy atom. The summed E-state index contributed by atoms with van der Waals surface area (Å²) >= 11 is 0. The number of nitrogens with one attached hydrogen (secondary N) is 2. The van der Waals surface area contributed by atoms with Crippen molar-refractivity contribution in [3.05, 3.63) is 35.4 Å². The third-order valence-corrected chi connectivity index (χ3v) is 4.40. The summed E-state index contributed by atoms with van der Waals surface area (Å²) in [7, 11) is 0. The van der Waals surface area contributed by atoms with Crippen LogP contribution in [-0.2, 0) is 16.0 Å². The highest BCUT2D eigenvalue weighted by Gasteiger charge is 2.22. The minimum absolute atomic E-state index is 0. The molecule has 25 heavy (non-hydrogen) atoms. The van der Waals surface area contributed by atoms with E-state index < -0.39 is 0 Å². The summed E-state index contributed by atoms with van der Waals surface area (Å²) in [5.74, 6) is 1.09. The first-order chi connectivity index (χ1) is 11.5. The number of hydrogen-bond donors (Lipinski definition) is 2. The van der Waals surface area contributed by atoms with Gasteiger partial charge in [0.25, 0.3) is 0 Å². The molecule has 0 spiro atoms. The zero-order valence-corrected chi connectivity index (χ0v) is 16.7. The van der Waals surface area contributed by atoms with E-state index in [1.807, 2.05) is 0 Å². The van der Waals surface area contributed by atoms with E-state index >= 15 is 0 Å². The number of ether oxygens (including phenoxy) is 1. The highest BCUT2D eigenvalue weighted by atomic mass is 35.5. The molecular weight excluding hydrogens is 336 g/mol. The molecular formula is C20H33ClN2O2. The average Bonchev–Trinajstić information content (AvgIpc) is 2.54. The van der Waals surface area contributed by atoms with E-state index in [1.54, 1.807) is 0 Å². The Morgan fingerprint density at radius 3 is 2.44 bits per heavy atom. The minimum atomic E-state index is 0. The Kier molecular flexibility index (Phi) is 9.47. The maximum atomic E-state index is 12.4. The van der Waals surface area contributed by atoms with Crippen LogP contribution >= 0.6 is 12.4 Å². The van der Waals surface area contributed by atoms with Crippen molar-refractivity contribution < 1.29 is 9.53 Å². The van der Waals surface area contributed by atoms with E-state index in [-0.39, 0.29) is 30.4 Å². The van der Waals surface area contributed by atoms with Gasteiger partial charge in [-0.3, -0.25) is 4.79 Å². The van der Waals surface area contributed by atoms with Crippen molar-refractivity contribution in [2.24, 2.45) is 11.8 Å². The summed E-state index contributed by atoms with van der Waals surface area (Å²) in [6, 6.07) is 8.87. The van der Waals surface area contributed by atoms with Gasteiger partial charge in [-0.25, -0.2) is 0 Å². The number of carbonyl (C=O) groups excluding carboxylic acids is 1. The molecule has 1 fully saturated rings. The maximum absolute atomic E-state index is 12.4. The fourth-order valence-electron chi connectivity index (χ4n) is 3.17. The lowest BCUT2D eigenvalue weighted by Crippen LogP contribution is -2.45. The van der Waals surface area contributed by atoms with E-state index in [0.717, 1.165) is 19.6 Å². The topological polar surface area (TPSA) is 50.4 Å². The molecule has 1 saturated heterocycles. The molecule has 1 heterocycles.